The van der Waals surface area contributed by atoms with Crippen molar-refractivity contribution in [2.24, 2.45) is 0 Å². The van der Waals surface area contributed by atoms with Gasteiger partial charge in [-0.2, -0.15) is 0 Å². The number of aryl methyl sites for hydroxylation is 1. The summed E-state index contributed by atoms with van der Waals surface area (Å²) in [5, 5.41) is 0. The van der Waals surface area contributed by atoms with Crippen molar-refractivity contribution in [2.45, 2.75) is 6.92 Å². The lowest BCUT2D eigenvalue weighted by atomic mass is 9.89. The second-order valence-electron chi connectivity index (χ2n) is 7.64. The minimum absolute atomic E-state index is 1.07. The molecular formula is C31H26. The van der Waals surface area contributed by atoms with Crippen molar-refractivity contribution < 1.29 is 0 Å². The maximum absolute atomic E-state index is 3.99. The average Bonchev–Trinajstić information content (AvgIpc) is 2.83. The van der Waals surface area contributed by atoms with Crippen molar-refractivity contribution in [2.75, 3.05) is 0 Å². The van der Waals surface area contributed by atoms with Gasteiger partial charge in [-0.05, 0) is 69.1 Å². The Hall–Kier alpha value is -3.90. The zero-order valence-electron chi connectivity index (χ0n) is 17.9. The van der Waals surface area contributed by atoms with Gasteiger partial charge in [0.05, 0.1) is 0 Å². The second kappa shape index (κ2) is 9.28. The molecule has 4 aromatic rings. The summed E-state index contributed by atoms with van der Waals surface area (Å²) in [7, 11) is 0. The summed E-state index contributed by atoms with van der Waals surface area (Å²) in [5.74, 6) is 0. The summed E-state index contributed by atoms with van der Waals surface area (Å²) in [6.07, 6.45) is 5.70. The van der Waals surface area contributed by atoms with E-state index in [4.69, 9.17) is 0 Å². The van der Waals surface area contributed by atoms with Crippen molar-refractivity contribution >= 4 is 5.57 Å². The van der Waals surface area contributed by atoms with Crippen molar-refractivity contribution in [3.63, 3.8) is 0 Å². The van der Waals surface area contributed by atoms with Crippen LogP contribution in [0, 0.1) is 6.92 Å². The molecule has 0 saturated heterocycles. The van der Waals surface area contributed by atoms with Crippen LogP contribution in [0.5, 0.6) is 0 Å². The van der Waals surface area contributed by atoms with Gasteiger partial charge in [0.1, 0.15) is 0 Å². The maximum Gasteiger partial charge on any atom is -0.00989 e. The number of rotatable bonds is 6. The molecule has 4 aromatic carbocycles. The normalized spacial score (nSPS) is 11.2. The average molecular weight is 399 g/mol. The van der Waals surface area contributed by atoms with E-state index in [0.717, 1.165) is 11.1 Å². The van der Waals surface area contributed by atoms with Gasteiger partial charge in [-0.1, -0.05) is 116 Å². The first-order chi connectivity index (χ1) is 15.2. The highest BCUT2D eigenvalue weighted by Gasteiger charge is 2.12. The molecule has 0 nitrogen and oxygen atoms in total. The van der Waals surface area contributed by atoms with Gasteiger partial charge >= 0.3 is 0 Å². The molecule has 31 heavy (non-hydrogen) atoms. The Labute approximate surface area is 185 Å². The molecule has 0 saturated carbocycles. The number of hydrogen-bond donors (Lipinski definition) is 0. The van der Waals surface area contributed by atoms with Gasteiger partial charge in [0, 0.05) is 0 Å². The molecule has 0 spiro atoms. The zero-order chi connectivity index (χ0) is 21.6. The Morgan fingerprint density at radius 1 is 0.613 bits per heavy atom. The summed E-state index contributed by atoms with van der Waals surface area (Å²) in [6.45, 7) is 9.99. The standard InChI is InChI=1S/C31H26/c1-4-12-24(5-2)28-19-23(3)20-29(21-28)31-22-27(25-13-8-6-9-14-25)17-18-30(31)26-15-10-7-11-16-26/h4-22H,1-2H2,3H3/b24-12+. The molecule has 0 aliphatic rings. The van der Waals surface area contributed by atoms with Crippen LogP contribution in [0.15, 0.2) is 128 Å². The van der Waals surface area contributed by atoms with Crippen LogP contribution in [0.4, 0.5) is 0 Å². The van der Waals surface area contributed by atoms with Crippen molar-refractivity contribution in [3.8, 4) is 33.4 Å². The third-order valence-electron chi connectivity index (χ3n) is 5.45. The van der Waals surface area contributed by atoms with Gasteiger partial charge in [0.15, 0.2) is 0 Å². The number of allylic oxidation sites excluding steroid dienone is 4. The van der Waals surface area contributed by atoms with Crippen LogP contribution in [0.2, 0.25) is 0 Å². The summed E-state index contributed by atoms with van der Waals surface area (Å²) < 4.78 is 0. The Bertz CT molecular complexity index is 1240. The van der Waals surface area contributed by atoms with Gasteiger partial charge in [-0.25, -0.2) is 0 Å². The predicted molar refractivity (Wildman–Crippen MR) is 136 cm³/mol. The topological polar surface area (TPSA) is 0 Å². The Balaban J connectivity index is 1.96. The SMILES string of the molecule is C=C/C=C(\C=C)c1cc(C)cc(-c2cc(-c3ccccc3)ccc2-c2ccccc2)c1. The maximum atomic E-state index is 3.99. The van der Waals surface area contributed by atoms with Crippen molar-refractivity contribution in [1.82, 2.24) is 0 Å². The van der Waals surface area contributed by atoms with Gasteiger partial charge in [-0.15, -0.1) is 0 Å². The molecule has 0 atom stereocenters. The van der Waals surface area contributed by atoms with Crippen LogP contribution in [0.1, 0.15) is 11.1 Å². The van der Waals surface area contributed by atoms with E-state index in [1.54, 1.807) is 0 Å². The van der Waals surface area contributed by atoms with Crippen LogP contribution in [0.25, 0.3) is 39.0 Å². The third kappa shape index (κ3) is 4.49. The van der Waals surface area contributed by atoms with Crippen molar-refractivity contribution in [1.29, 1.82) is 0 Å². The zero-order valence-corrected chi connectivity index (χ0v) is 17.9. The van der Waals surface area contributed by atoms with Crippen LogP contribution in [-0.4, -0.2) is 0 Å². The molecule has 0 N–H and O–H groups in total. The Morgan fingerprint density at radius 3 is 1.94 bits per heavy atom. The largest absolute Gasteiger partial charge is 0.0990 e. The summed E-state index contributed by atoms with van der Waals surface area (Å²) in [6, 6.07) is 34.6. The minimum Gasteiger partial charge on any atom is -0.0990 e. The Morgan fingerprint density at radius 2 is 1.29 bits per heavy atom. The molecule has 0 radical (unpaired) electrons. The van der Waals surface area contributed by atoms with E-state index in [9.17, 15) is 0 Å². The first-order valence-electron chi connectivity index (χ1n) is 10.5. The first-order valence-corrected chi connectivity index (χ1v) is 10.5. The molecule has 0 aromatic heterocycles. The third-order valence-corrected chi connectivity index (χ3v) is 5.45. The number of hydrogen-bond acceptors (Lipinski definition) is 0. The minimum atomic E-state index is 1.07. The van der Waals surface area contributed by atoms with Gasteiger partial charge in [-0.3, -0.25) is 0 Å². The molecule has 0 unspecified atom stereocenters. The monoisotopic (exact) mass is 398 g/mol. The molecule has 4 rings (SSSR count). The van der Waals surface area contributed by atoms with E-state index >= 15 is 0 Å². The van der Waals surface area contributed by atoms with Gasteiger partial charge < -0.3 is 0 Å². The Kier molecular flexibility index (Phi) is 6.10. The fraction of sp³-hybridized carbons (Fsp3) is 0.0323. The van der Waals surface area contributed by atoms with Crippen LogP contribution >= 0.6 is 0 Å². The fourth-order valence-electron chi connectivity index (χ4n) is 3.98. The fourth-order valence-corrected chi connectivity index (χ4v) is 3.98. The molecule has 0 aliphatic carbocycles. The molecule has 0 bridgehead atoms. The summed E-state index contributed by atoms with van der Waals surface area (Å²) in [4.78, 5) is 0. The lowest BCUT2D eigenvalue weighted by Crippen LogP contribution is -1.91. The van der Waals surface area contributed by atoms with Gasteiger partial charge in [0.2, 0.25) is 0 Å². The van der Waals surface area contributed by atoms with Gasteiger partial charge in [0.25, 0.3) is 0 Å². The lowest BCUT2D eigenvalue weighted by molar-refractivity contribution is 1.44. The van der Waals surface area contributed by atoms with E-state index < -0.39 is 0 Å². The highest BCUT2D eigenvalue weighted by atomic mass is 14.2. The van der Waals surface area contributed by atoms with E-state index in [0.29, 0.717) is 0 Å². The van der Waals surface area contributed by atoms with E-state index in [2.05, 4.69) is 117 Å². The highest BCUT2D eigenvalue weighted by Crippen LogP contribution is 2.37. The van der Waals surface area contributed by atoms with E-state index in [1.807, 2.05) is 18.2 Å². The van der Waals surface area contributed by atoms with Crippen LogP contribution in [-0.2, 0) is 0 Å². The smallest absolute Gasteiger partial charge is 0.00989 e. The van der Waals surface area contributed by atoms with E-state index in [-0.39, 0.29) is 0 Å². The lowest BCUT2D eigenvalue weighted by Gasteiger charge is -2.15. The molecular weight excluding hydrogens is 372 g/mol. The molecule has 0 amide bonds. The van der Waals surface area contributed by atoms with E-state index in [1.165, 1.54) is 38.9 Å². The second-order valence-corrected chi connectivity index (χ2v) is 7.64. The summed E-state index contributed by atoms with van der Waals surface area (Å²) >= 11 is 0. The quantitative estimate of drug-likeness (QED) is 0.285. The van der Waals surface area contributed by atoms with Crippen LogP contribution in [0.3, 0.4) is 0 Å². The summed E-state index contributed by atoms with van der Waals surface area (Å²) in [5.41, 5.74) is 10.7. The molecule has 0 aliphatic heterocycles. The molecule has 0 heterocycles. The van der Waals surface area contributed by atoms with Crippen molar-refractivity contribution in [3.05, 3.63) is 140 Å². The highest BCUT2D eigenvalue weighted by molar-refractivity contribution is 5.89. The first kappa shape index (κ1) is 20.4. The predicted octanol–water partition coefficient (Wildman–Crippen LogP) is 8.75. The molecule has 0 fully saturated rings. The molecule has 150 valence electrons. The number of benzene rings is 4. The molecule has 0 heteroatoms. The van der Waals surface area contributed by atoms with Crippen LogP contribution < -0.4 is 0 Å².